The number of carbonyl (C=O) groups is 1. The largest absolute Gasteiger partial charge is 0.549 e. The summed E-state index contributed by atoms with van der Waals surface area (Å²) in [7, 11) is -3.82. The Hall–Kier alpha value is -1.36. The monoisotopic (exact) mass is 227 g/mol. The molecule has 0 aliphatic carbocycles. The minimum absolute atomic E-state index is 0.00444. The number of rotatable bonds is 3. The van der Waals surface area contributed by atoms with Gasteiger partial charge in [0.05, 0.1) is 10.9 Å². The maximum Gasteiger partial charge on any atom is 0.186 e. The summed E-state index contributed by atoms with van der Waals surface area (Å²) in [6, 6.07) is 6.03. The Morgan fingerprint density at radius 3 is 2.13 bits per heavy atom. The van der Waals surface area contributed by atoms with E-state index in [1.54, 1.807) is 12.1 Å². The highest BCUT2D eigenvalue weighted by Gasteiger charge is 2.23. The van der Waals surface area contributed by atoms with Crippen LogP contribution in [0.3, 0.4) is 0 Å². The molecule has 1 atom stereocenters. The van der Waals surface area contributed by atoms with Crippen LogP contribution in [0.4, 0.5) is 0 Å². The van der Waals surface area contributed by atoms with Gasteiger partial charge in [0.15, 0.2) is 9.84 Å². The number of benzene rings is 1. The molecule has 0 spiro atoms. The van der Waals surface area contributed by atoms with E-state index in [1.807, 2.05) is 6.92 Å². The fraction of sp³-hybridized carbons (Fsp3) is 0.300. The van der Waals surface area contributed by atoms with Gasteiger partial charge < -0.3 is 9.90 Å². The molecule has 4 nitrogen and oxygen atoms in total. The lowest BCUT2D eigenvalue weighted by atomic mass is 10.2. The van der Waals surface area contributed by atoms with Crippen molar-refractivity contribution in [2.24, 2.45) is 0 Å². The summed E-state index contributed by atoms with van der Waals surface area (Å²) in [5, 5.41) is 8.97. The molecular formula is C10H11O4S-. The van der Waals surface area contributed by atoms with E-state index in [9.17, 15) is 18.3 Å². The maximum atomic E-state index is 11.7. The van der Waals surface area contributed by atoms with Crippen molar-refractivity contribution in [1.29, 1.82) is 0 Å². The van der Waals surface area contributed by atoms with Gasteiger partial charge in [-0.05, 0) is 26.0 Å². The van der Waals surface area contributed by atoms with Gasteiger partial charge in [-0.1, -0.05) is 17.7 Å². The number of hydrogen-bond acceptors (Lipinski definition) is 4. The third kappa shape index (κ3) is 2.36. The van der Waals surface area contributed by atoms with E-state index in [1.165, 1.54) is 12.1 Å². The van der Waals surface area contributed by atoms with Crippen LogP contribution in [-0.4, -0.2) is 19.6 Å². The summed E-state index contributed by atoms with van der Waals surface area (Å²) in [6.45, 7) is 2.92. The van der Waals surface area contributed by atoms with Crippen LogP contribution < -0.4 is 5.11 Å². The van der Waals surface area contributed by atoms with Gasteiger partial charge >= 0.3 is 0 Å². The number of sulfone groups is 1. The number of hydrogen-bond donors (Lipinski definition) is 0. The summed E-state index contributed by atoms with van der Waals surface area (Å²) in [4.78, 5) is 10.5. The Kier molecular flexibility index (Phi) is 3.14. The van der Waals surface area contributed by atoms with Crippen molar-refractivity contribution in [3.8, 4) is 0 Å². The summed E-state index contributed by atoms with van der Waals surface area (Å²) < 4.78 is 23.3. The van der Waals surface area contributed by atoms with E-state index in [-0.39, 0.29) is 4.90 Å². The lowest BCUT2D eigenvalue weighted by Crippen LogP contribution is -2.38. The van der Waals surface area contributed by atoms with E-state index in [4.69, 9.17) is 0 Å². The van der Waals surface area contributed by atoms with Crippen LogP contribution in [-0.2, 0) is 14.6 Å². The number of aliphatic carboxylic acids is 1. The average molecular weight is 227 g/mol. The number of carboxylic acid groups (broad SMARTS) is 1. The molecule has 0 aromatic heterocycles. The van der Waals surface area contributed by atoms with E-state index in [0.29, 0.717) is 0 Å². The first-order valence-corrected chi connectivity index (χ1v) is 5.92. The van der Waals surface area contributed by atoms with Gasteiger partial charge in [-0.15, -0.1) is 0 Å². The number of aryl methyl sites for hydroxylation is 1. The zero-order valence-electron chi connectivity index (χ0n) is 8.43. The van der Waals surface area contributed by atoms with Crippen molar-refractivity contribution in [2.45, 2.75) is 24.0 Å². The SMILES string of the molecule is Cc1ccc(S(=O)(=O)[C@H](C)C(=O)[O-])cc1. The highest BCUT2D eigenvalue weighted by Crippen LogP contribution is 2.16. The second kappa shape index (κ2) is 4.02. The normalized spacial score (nSPS) is 13.5. The Labute approximate surface area is 88.5 Å². The Bertz CT molecular complexity index is 459. The van der Waals surface area contributed by atoms with E-state index < -0.39 is 21.1 Å². The van der Waals surface area contributed by atoms with Crippen molar-refractivity contribution in [3.05, 3.63) is 29.8 Å². The lowest BCUT2D eigenvalue weighted by molar-refractivity contribution is -0.304. The first kappa shape index (κ1) is 11.7. The summed E-state index contributed by atoms with van der Waals surface area (Å²) in [6.07, 6.45) is 0. The molecule has 0 fully saturated rings. The molecule has 82 valence electrons. The van der Waals surface area contributed by atoms with Crippen LogP contribution in [0.25, 0.3) is 0 Å². The summed E-state index contributed by atoms with van der Waals surface area (Å²) >= 11 is 0. The molecule has 0 amide bonds. The molecule has 1 aromatic rings. The van der Waals surface area contributed by atoms with E-state index in [2.05, 4.69) is 0 Å². The predicted molar refractivity (Wildman–Crippen MR) is 52.8 cm³/mol. The van der Waals surface area contributed by atoms with Crippen molar-refractivity contribution in [2.75, 3.05) is 0 Å². The van der Waals surface area contributed by atoms with Gasteiger partial charge in [-0.25, -0.2) is 8.42 Å². The van der Waals surface area contributed by atoms with Gasteiger partial charge in [0.25, 0.3) is 0 Å². The molecule has 0 saturated heterocycles. The standard InChI is InChI=1S/C10H12O4S/c1-7-3-5-9(6-4-7)15(13,14)8(2)10(11)12/h3-6,8H,1-2H3,(H,11,12)/p-1/t8-/m1/s1. The van der Waals surface area contributed by atoms with Crippen LogP contribution in [0.15, 0.2) is 29.2 Å². The van der Waals surface area contributed by atoms with Gasteiger partial charge in [-0.2, -0.15) is 0 Å². The molecule has 0 unspecified atom stereocenters. The lowest BCUT2D eigenvalue weighted by Gasteiger charge is -2.13. The zero-order chi connectivity index (χ0) is 11.6. The Morgan fingerprint density at radius 1 is 1.27 bits per heavy atom. The molecule has 15 heavy (non-hydrogen) atoms. The first-order chi connectivity index (χ1) is 6.85. The third-order valence-electron chi connectivity index (χ3n) is 2.15. The maximum absolute atomic E-state index is 11.7. The van der Waals surface area contributed by atoms with Gasteiger partial charge in [-0.3, -0.25) is 0 Å². The average Bonchev–Trinajstić information content (AvgIpc) is 2.17. The molecule has 1 aromatic carbocycles. The molecule has 0 aliphatic heterocycles. The van der Waals surface area contributed by atoms with Crippen LogP contribution in [0.2, 0.25) is 0 Å². The molecule has 0 heterocycles. The molecular weight excluding hydrogens is 216 g/mol. The second-order valence-corrected chi connectivity index (χ2v) is 5.59. The fourth-order valence-electron chi connectivity index (χ4n) is 1.06. The highest BCUT2D eigenvalue weighted by molar-refractivity contribution is 7.92. The number of carbonyl (C=O) groups excluding carboxylic acids is 1. The van der Waals surface area contributed by atoms with Gasteiger partial charge in [0.1, 0.15) is 5.25 Å². The molecule has 0 N–H and O–H groups in total. The minimum atomic E-state index is -3.82. The fourth-order valence-corrected chi connectivity index (χ4v) is 2.24. The number of carboxylic acids is 1. The van der Waals surface area contributed by atoms with Crippen molar-refractivity contribution >= 4 is 15.8 Å². The topological polar surface area (TPSA) is 74.3 Å². The van der Waals surface area contributed by atoms with Crippen LogP contribution in [0.1, 0.15) is 12.5 Å². The molecule has 0 radical (unpaired) electrons. The zero-order valence-corrected chi connectivity index (χ0v) is 9.24. The Balaban J connectivity index is 3.17. The van der Waals surface area contributed by atoms with Crippen molar-refractivity contribution in [3.63, 3.8) is 0 Å². The second-order valence-electron chi connectivity index (χ2n) is 3.32. The van der Waals surface area contributed by atoms with E-state index >= 15 is 0 Å². The summed E-state index contributed by atoms with van der Waals surface area (Å²) in [5.41, 5.74) is 0.912. The van der Waals surface area contributed by atoms with Crippen molar-refractivity contribution in [1.82, 2.24) is 0 Å². The smallest absolute Gasteiger partial charge is 0.186 e. The quantitative estimate of drug-likeness (QED) is 0.723. The van der Waals surface area contributed by atoms with Gasteiger partial charge in [0.2, 0.25) is 0 Å². The Morgan fingerprint density at radius 2 is 1.73 bits per heavy atom. The predicted octanol–water partition coefficient (Wildman–Crippen LogP) is -0.0929. The minimum Gasteiger partial charge on any atom is -0.549 e. The molecule has 1 rings (SSSR count). The molecule has 5 heteroatoms. The van der Waals surface area contributed by atoms with E-state index in [0.717, 1.165) is 12.5 Å². The molecule has 0 bridgehead atoms. The van der Waals surface area contributed by atoms with Crippen LogP contribution in [0.5, 0.6) is 0 Å². The highest BCUT2D eigenvalue weighted by atomic mass is 32.2. The molecule has 0 saturated carbocycles. The third-order valence-corrected chi connectivity index (χ3v) is 4.20. The van der Waals surface area contributed by atoms with Crippen LogP contribution in [0, 0.1) is 6.92 Å². The first-order valence-electron chi connectivity index (χ1n) is 4.37. The van der Waals surface area contributed by atoms with Gasteiger partial charge in [0, 0.05) is 0 Å². The van der Waals surface area contributed by atoms with Crippen LogP contribution >= 0.6 is 0 Å². The van der Waals surface area contributed by atoms with Crippen molar-refractivity contribution < 1.29 is 18.3 Å². The summed E-state index contributed by atoms with van der Waals surface area (Å²) in [5.74, 6) is -1.59. The molecule has 0 aliphatic rings.